The molecule has 0 aliphatic rings. The van der Waals surface area contributed by atoms with E-state index in [1.807, 2.05) is 0 Å². The second-order valence-corrected chi connectivity index (χ2v) is 4.45. The summed E-state index contributed by atoms with van der Waals surface area (Å²) in [5, 5.41) is 20.8. The standard InChI is InChI=1S/C12H25NO3/c1-3-4-5-6-8-12(2,11(15)16)13-9-7-10-14/h13-14H,3-10H2,1-2H3,(H,15,16). The lowest BCUT2D eigenvalue weighted by atomic mass is 9.94. The highest BCUT2D eigenvalue weighted by atomic mass is 16.4. The predicted molar refractivity (Wildman–Crippen MR) is 64.5 cm³/mol. The van der Waals surface area contributed by atoms with Crippen LogP contribution in [-0.2, 0) is 4.79 Å². The lowest BCUT2D eigenvalue weighted by Gasteiger charge is -2.26. The molecule has 0 amide bonds. The molecular formula is C12H25NO3. The van der Waals surface area contributed by atoms with Gasteiger partial charge in [0, 0.05) is 6.61 Å². The molecule has 96 valence electrons. The number of aliphatic hydroxyl groups is 1. The van der Waals surface area contributed by atoms with Crippen molar-refractivity contribution in [3.8, 4) is 0 Å². The monoisotopic (exact) mass is 231 g/mol. The van der Waals surface area contributed by atoms with Gasteiger partial charge >= 0.3 is 5.97 Å². The first-order valence-corrected chi connectivity index (χ1v) is 6.16. The number of carboxylic acids is 1. The molecule has 0 bridgehead atoms. The highest BCUT2D eigenvalue weighted by molar-refractivity contribution is 5.78. The Morgan fingerprint density at radius 2 is 1.94 bits per heavy atom. The van der Waals surface area contributed by atoms with Crippen molar-refractivity contribution in [1.82, 2.24) is 5.32 Å². The van der Waals surface area contributed by atoms with Crippen LogP contribution < -0.4 is 5.32 Å². The predicted octanol–water partition coefficient (Wildman–Crippen LogP) is 1.77. The molecule has 4 heteroatoms. The number of unbranched alkanes of at least 4 members (excludes halogenated alkanes) is 3. The van der Waals surface area contributed by atoms with Crippen LogP contribution in [0.25, 0.3) is 0 Å². The van der Waals surface area contributed by atoms with Crippen LogP contribution in [0.1, 0.15) is 52.4 Å². The third-order valence-corrected chi connectivity index (χ3v) is 2.85. The zero-order valence-electron chi connectivity index (χ0n) is 10.5. The van der Waals surface area contributed by atoms with Crippen molar-refractivity contribution >= 4 is 5.97 Å². The van der Waals surface area contributed by atoms with E-state index in [1.54, 1.807) is 6.92 Å². The molecule has 0 aliphatic carbocycles. The normalized spacial score (nSPS) is 14.7. The first kappa shape index (κ1) is 15.4. The van der Waals surface area contributed by atoms with Crippen LogP contribution >= 0.6 is 0 Å². The number of hydrogen-bond donors (Lipinski definition) is 3. The van der Waals surface area contributed by atoms with Crippen LogP contribution in [0.4, 0.5) is 0 Å². The maximum Gasteiger partial charge on any atom is 0.323 e. The van der Waals surface area contributed by atoms with Crippen LogP contribution in [0.15, 0.2) is 0 Å². The van der Waals surface area contributed by atoms with Gasteiger partial charge in [-0.25, -0.2) is 0 Å². The van der Waals surface area contributed by atoms with E-state index in [2.05, 4.69) is 12.2 Å². The van der Waals surface area contributed by atoms with Gasteiger partial charge in [0.05, 0.1) is 0 Å². The molecule has 3 N–H and O–H groups in total. The summed E-state index contributed by atoms with van der Waals surface area (Å²) in [5.41, 5.74) is -0.844. The molecule has 0 aromatic carbocycles. The number of rotatable bonds is 10. The minimum atomic E-state index is -0.844. The van der Waals surface area contributed by atoms with Gasteiger partial charge in [0.15, 0.2) is 0 Å². The van der Waals surface area contributed by atoms with Gasteiger partial charge in [-0.1, -0.05) is 32.6 Å². The number of carboxylic acid groups (broad SMARTS) is 1. The summed E-state index contributed by atoms with van der Waals surface area (Å²) in [4.78, 5) is 11.2. The third-order valence-electron chi connectivity index (χ3n) is 2.85. The molecule has 0 aromatic heterocycles. The highest BCUT2D eigenvalue weighted by Gasteiger charge is 2.31. The van der Waals surface area contributed by atoms with Crippen molar-refractivity contribution in [1.29, 1.82) is 0 Å². The van der Waals surface area contributed by atoms with E-state index in [-0.39, 0.29) is 6.61 Å². The zero-order valence-corrected chi connectivity index (χ0v) is 10.5. The number of aliphatic carboxylic acids is 1. The molecule has 0 radical (unpaired) electrons. The minimum absolute atomic E-state index is 0.0958. The first-order valence-electron chi connectivity index (χ1n) is 6.16. The second-order valence-electron chi connectivity index (χ2n) is 4.45. The Hall–Kier alpha value is -0.610. The van der Waals surface area contributed by atoms with Gasteiger partial charge in [-0.2, -0.15) is 0 Å². The summed E-state index contributed by atoms with van der Waals surface area (Å²) in [5.74, 6) is -0.804. The van der Waals surface area contributed by atoms with E-state index in [0.29, 0.717) is 19.4 Å². The van der Waals surface area contributed by atoms with Crippen LogP contribution in [0, 0.1) is 0 Å². The zero-order chi connectivity index (χ0) is 12.4. The van der Waals surface area contributed by atoms with Crippen molar-refractivity contribution in [3.05, 3.63) is 0 Å². The van der Waals surface area contributed by atoms with Gasteiger partial charge in [0.25, 0.3) is 0 Å². The van der Waals surface area contributed by atoms with Crippen LogP contribution in [-0.4, -0.2) is 34.9 Å². The molecule has 0 heterocycles. The minimum Gasteiger partial charge on any atom is -0.480 e. The average molecular weight is 231 g/mol. The van der Waals surface area contributed by atoms with Gasteiger partial charge in [0.1, 0.15) is 5.54 Å². The largest absolute Gasteiger partial charge is 0.480 e. The van der Waals surface area contributed by atoms with Gasteiger partial charge in [-0.3, -0.25) is 4.79 Å². The SMILES string of the molecule is CCCCCCC(C)(NCCCO)C(=O)O. The molecular weight excluding hydrogens is 206 g/mol. The molecule has 1 unspecified atom stereocenters. The third kappa shape index (κ3) is 6.08. The second kappa shape index (κ2) is 8.53. The fourth-order valence-electron chi connectivity index (χ4n) is 1.62. The van der Waals surface area contributed by atoms with Gasteiger partial charge in [-0.05, 0) is 26.3 Å². The molecule has 0 aromatic rings. The average Bonchev–Trinajstić information content (AvgIpc) is 2.25. The molecule has 16 heavy (non-hydrogen) atoms. The van der Waals surface area contributed by atoms with Crippen molar-refractivity contribution in [2.45, 2.75) is 57.9 Å². The molecule has 0 fully saturated rings. The van der Waals surface area contributed by atoms with Crippen molar-refractivity contribution in [2.24, 2.45) is 0 Å². The molecule has 0 aliphatic heterocycles. The number of aliphatic hydroxyl groups excluding tert-OH is 1. The Morgan fingerprint density at radius 1 is 1.25 bits per heavy atom. The van der Waals surface area contributed by atoms with E-state index in [4.69, 9.17) is 10.2 Å². The van der Waals surface area contributed by atoms with Gasteiger partial charge in [0.2, 0.25) is 0 Å². The Bertz CT molecular complexity index is 197. The maximum atomic E-state index is 11.2. The maximum absolute atomic E-state index is 11.2. The molecule has 0 saturated heterocycles. The van der Waals surface area contributed by atoms with Crippen molar-refractivity contribution in [2.75, 3.05) is 13.2 Å². The molecule has 0 rings (SSSR count). The Kier molecular flexibility index (Phi) is 8.21. The van der Waals surface area contributed by atoms with E-state index in [9.17, 15) is 4.79 Å². The first-order chi connectivity index (χ1) is 7.56. The van der Waals surface area contributed by atoms with Crippen molar-refractivity contribution in [3.63, 3.8) is 0 Å². The highest BCUT2D eigenvalue weighted by Crippen LogP contribution is 2.15. The number of carbonyl (C=O) groups is 1. The van der Waals surface area contributed by atoms with E-state index in [0.717, 1.165) is 25.7 Å². The fraction of sp³-hybridized carbons (Fsp3) is 0.917. The van der Waals surface area contributed by atoms with Crippen LogP contribution in [0.5, 0.6) is 0 Å². The Labute approximate surface area is 98.1 Å². The van der Waals surface area contributed by atoms with Gasteiger partial charge in [-0.15, -0.1) is 0 Å². The molecule has 0 saturated carbocycles. The summed E-state index contributed by atoms with van der Waals surface area (Å²) < 4.78 is 0. The smallest absolute Gasteiger partial charge is 0.323 e. The summed E-state index contributed by atoms with van der Waals surface area (Å²) in [6.45, 7) is 4.50. The summed E-state index contributed by atoms with van der Waals surface area (Å²) >= 11 is 0. The lowest BCUT2D eigenvalue weighted by Crippen LogP contribution is -2.49. The van der Waals surface area contributed by atoms with Crippen molar-refractivity contribution < 1.29 is 15.0 Å². The van der Waals surface area contributed by atoms with E-state index >= 15 is 0 Å². The molecule has 1 atom stereocenters. The summed E-state index contributed by atoms with van der Waals surface area (Å²) in [6, 6.07) is 0. The molecule has 4 nitrogen and oxygen atoms in total. The summed E-state index contributed by atoms with van der Waals surface area (Å²) in [7, 11) is 0. The number of hydrogen-bond acceptors (Lipinski definition) is 3. The molecule has 0 spiro atoms. The van der Waals surface area contributed by atoms with Crippen LogP contribution in [0.2, 0.25) is 0 Å². The summed E-state index contributed by atoms with van der Waals surface area (Å²) in [6.07, 6.45) is 5.57. The topological polar surface area (TPSA) is 69.6 Å². The Balaban J connectivity index is 3.96. The van der Waals surface area contributed by atoms with E-state index < -0.39 is 11.5 Å². The van der Waals surface area contributed by atoms with Gasteiger partial charge < -0.3 is 15.5 Å². The quantitative estimate of drug-likeness (QED) is 0.501. The van der Waals surface area contributed by atoms with E-state index in [1.165, 1.54) is 0 Å². The fourth-order valence-corrected chi connectivity index (χ4v) is 1.62. The van der Waals surface area contributed by atoms with Crippen LogP contribution in [0.3, 0.4) is 0 Å². The number of nitrogens with one attached hydrogen (secondary N) is 1. The Morgan fingerprint density at radius 3 is 2.44 bits per heavy atom. The lowest BCUT2D eigenvalue weighted by molar-refractivity contribution is -0.144.